The van der Waals surface area contributed by atoms with Crippen molar-refractivity contribution >= 4 is 58.2 Å². The first-order valence-corrected chi connectivity index (χ1v) is 10.7. The van der Waals surface area contributed by atoms with Gasteiger partial charge in [0.05, 0.1) is 5.69 Å². The van der Waals surface area contributed by atoms with Crippen LogP contribution in [0.5, 0.6) is 5.75 Å². The van der Waals surface area contributed by atoms with Gasteiger partial charge in [-0.2, -0.15) is 0 Å². The zero-order valence-electron chi connectivity index (χ0n) is 16.6. The number of likely N-dealkylation sites (N-methyl/N-ethyl adjacent to an activating group) is 1. The summed E-state index contributed by atoms with van der Waals surface area (Å²) < 4.78 is 5.82. The molecule has 1 saturated heterocycles. The van der Waals surface area contributed by atoms with Gasteiger partial charge in [0.1, 0.15) is 18.1 Å². The van der Waals surface area contributed by atoms with E-state index in [9.17, 15) is 4.79 Å². The van der Waals surface area contributed by atoms with Crippen LogP contribution < -0.4 is 9.64 Å². The minimum absolute atomic E-state index is 0.156. The number of benzene rings is 3. The molecule has 1 aliphatic rings. The van der Waals surface area contributed by atoms with Gasteiger partial charge in [-0.15, -0.1) is 0 Å². The zero-order valence-corrected chi connectivity index (χ0v) is 18.9. The number of thiocarbonyl (C=S) groups is 1. The van der Waals surface area contributed by atoms with Crippen LogP contribution in [0.2, 0.25) is 10.0 Å². The highest BCUT2D eigenvalue weighted by Crippen LogP contribution is 2.28. The van der Waals surface area contributed by atoms with E-state index in [4.69, 9.17) is 40.2 Å². The van der Waals surface area contributed by atoms with Crippen molar-refractivity contribution < 1.29 is 9.53 Å². The van der Waals surface area contributed by atoms with Gasteiger partial charge >= 0.3 is 0 Å². The molecule has 1 heterocycles. The smallest absolute Gasteiger partial charge is 0.281 e. The highest BCUT2D eigenvalue weighted by molar-refractivity contribution is 7.80. The Morgan fingerprint density at radius 2 is 1.71 bits per heavy atom. The molecule has 0 spiro atoms. The molecule has 7 heteroatoms. The predicted molar refractivity (Wildman–Crippen MR) is 130 cm³/mol. The molecule has 31 heavy (non-hydrogen) atoms. The number of para-hydroxylation sites is 1. The molecule has 1 amide bonds. The number of amides is 1. The van der Waals surface area contributed by atoms with E-state index >= 15 is 0 Å². The molecule has 1 aliphatic heterocycles. The van der Waals surface area contributed by atoms with Gasteiger partial charge in [0.2, 0.25) is 0 Å². The van der Waals surface area contributed by atoms with E-state index in [0.29, 0.717) is 33.2 Å². The molecule has 0 atom stereocenters. The molecule has 3 aromatic rings. The molecule has 0 bridgehead atoms. The van der Waals surface area contributed by atoms with Crippen LogP contribution in [0, 0.1) is 0 Å². The van der Waals surface area contributed by atoms with Crippen LogP contribution in [0.25, 0.3) is 6.08 Å². The van der Waals surface area contributed by atoms with Gasteiger partial charge in [0, 0.05) is 22.7 Å². The fourth-order valence-corrected chi connectivity index (χ4v) is 3.93. The number of carbonyl (C=O) groups is 1. The third kappa shape index (κ3) is 4.59. The molecule has 0 aliphatic carbocycles. The SMILES string of the molecule is CN1C(=S)N(c2ccccc2)C(=O)/C1=C/c1ccc(OCc2ccc(Cl)cc2Cl)cc1. The summed E-state index contributed by atoms with van der Waals surface area (Å²) in [6, 6.07) is 22.2. The summed E-state index contributed by atoms with van der Waals surface area (Å²) in [5.74, 6) is 0.539. The lowest BCUT2D eigenvalue weighted by molar-refractivity contribution is -0.114. The van der Waals surface area contributed by atoms with Crippen molar-refractivity contribution in [1.29, 1.82) is 0 Å². The normalized spacial score (nSPS) is 15.1. The molecule has 4 rings (SSSR count). The number of hydrogen-bond acceptors (Lipinski definition) is 3. The van der Waals surface area contributed by atoms with Crippen molar-refractivity contribution in [3.8, 4) is 5.75 Å². The average molecular weight is 469 g/mol. The Morgan fingerprint density at radius 3 is 2.39 bits per heavy atom. The number of rotatable bonds is 5. The minimum Gasteiger partial charge on any atom is -0.489 e. The average Bonchev–Trinajstić information content (AvgIpc) is 2.98. The van der Waals surface area contributed by atoms with Crippen LogP contribution in [0.3, 0.4) is 0 Å². The summed E-state index contributed by atoms with van der Waals surface area (Å²) in [5.41, 5.74) is 2.97. The Labute approximate surface area is 196 Å². The van der Waals surface area contributed by atoms with Crippen molar-refractivity contribution in [3.63, 3.8) is 0 Å². The van der Waals surface area contributed by atoms with E-state index in [2.05, 4.69) is 0 Å². The lowest BCUT2D eigenvalue weighted by atomic mass is 10.1. The molecule has 3 aromatic carbocycles. The van der Waals surface area contributed by atoms with Crippen LogP contribution in [0.15, 0.2) is 78.5 Å². The van der Waals surface area contributed by atoms with Crippen LogP contribution in [0.4, 0.5) is 5.69 Å². The minimum atomic E-state index is -0.156. The molecule has 156 valence electrons. The van der Waals surface area contributed by atoms with E-state index < -0.39 is 0 Å². The maximum atomic E-state index is 13.0. The molecule has 0 N–H and O–H groups in total. The first-order chi connectivity index (χ1) is 14.9. The number of halogens is 2. The van der Waals surface area contributed by atoms with Crippen LogP contribution in [-0.4, -0.2) is 23.0 Å². The monoisotopic (exact) mass is 468 g/mol. The summed E-state index contributed by atoms with van der Waals surface area (Å²) in [6.45, 7) is 0.331. The zero-order chi connectivity index (χ0) is 22.0. The predicted octanol–water partition coefficient (Wildman–Crippen LogP) is 6.18. The van der Waals surface area contributed by atoms with Crippen molar-refractivity contribution in [3.05, 3.63) is 99.7 Å². The summed E-state index contributed by atoms with van der Waals surface area (Å²) in [5, 5.41) is 1.60. The van der Waals surface area contributed by atoms with Gasteiger partial charge < -0.3 is 9.64 Å². The van der Waals surface area contributed by atoms with Gasteiger partial charge in [0.15, 0.2) is 5.11 Å². The van der Waals surface area contributed by atoms with Gasteiger partial charge in [0.25, 0.3) is 5.91 Å². The third-order valence-electron chi connectivity index (χ3n) is 4.87. The Kier molecular flexibility index (Phi) is 6.28. The fraction of sp³-hybridized carbons (Fsp3) is 0.0833. The summed E-state index contributed by atoms with van der Waals surface area (Å²) in [6.07, 6.45) is 1.82. The van der Waals surface area contributed by atoms with Crippen molar-refractivity contribution in [1.82, 2.24) is 4.90 Å². The van der Waals surface area contributed by atoms with Crippen LogP contribution >= 0.6 is 35.4 Å². The van der Waals surface area contributed by atoms with Crippen LogP contribution in [0.1, 0.15) is 11.1 Å². The molecule has 0 saturated carbocycles. The number of anilines is 1. The van der Waals surface area contributed by atoms with Crippen molar-refractivity contribution in [2.45, 2.75) is 6.61 Å². The van der Waals surface area contributed by atoms with Gasteiger partial charge in [-0.25, -0.2) is 0 Å². The molecule has 1 fully saturated rings. The van der Waals surface area contributed by atoms with Crippen molar-refractivity contribution in [2.24, 2.45) is 0 Å². The van der Waals surface area contributed by atoms with Gasteiger partial charge in [-0.1, -0.05) is 59.6 Å². The second-order valence-electron chi connectivity index (χ2n) is 6.94. The number of nitrogens with zero attached hydrogens (tertiary/aromatic N) is 2. The third-order valence-corrected chi connectivity index (χ3v) is 5.91. The first-order valence-electron chi connectivity index (χ1n) is 9.50. The largest absolute Gasteiger partial charge is 0.489 e. The highest BCUT2D eigenvalue weighted by Gasteiger charge is 2.36. The highest BCUT2D eigenvalue weighted by atomic mass is 35.5. The second-order valence-corrected chi connectivity index (χ2v) is 8.15. The standard InChI is InChI=1S/C24H18Cl2N2O2S/c1-27-22(23(29)28(24(27)31)19-5-3-2-4-6-19)13-16-7-11-20(12-8-16)30-15-17-9-10-18(25)14-21(17)26/h2-14H,15H2,1H3/b22-13-. The second kappa shape index (κ2) is 9.10. The number of ether oxygens (including phenoxy) is 1. The summed E-state index contributed by atoms with van der Waals surface area (Å²) >= 11 is 17.6. The quantitative estimate of drug-likeness (QED) is 0.330. The number of hydrogen-bond donors (Lipinski definition) is 0. The lowest BCUT2D eigenvalue weighted by Gasteiger charge is -2.16. The first kappa shape index (κ1) is 21.4. The molecule has 0 unspecified atom stereocenters. The van der Waals surface area contributed by atoms with Gasteiger partial charge in [-0.3, -0.25) is 9.69 Å². The maximum absolute atomic E-state index is 13.0. The van der Waals surface area contributed by atoms with Crippen molar-refractivity contribution in [2.75, 3.05) is 11.9 Å². The summed E-state index contributed by atoms with van der Waals surface area (Å²) in [4.78, 5) is 16.3. The van der Waals surface area contributed by atoms with E-state index in [-0.39, 0.29) is 5.91 Å². The molecule has 0 aromatic heterocycles. The lowest BCUT2D eigenvalue weighted by Crippen LogP contribution is -2.30. The van der Waals surface area contributed by atoms with Gasteiger partial charge in [-0.05, 0) is 60.3 Å². The molecular formula is C24H18Cl2N2O2S. The number of carbonyl (C=O) groups excluding carboxylic acids is 1. The van der Waals surface area contributed by atoms with E-state index in [1.54, 1.807) is 24.1 Å². The Balaban J connectivity index is 1.49. The van der Waals surface area contributed by atoms with E-state index in [0.717, 1.165) is 16.8 Å². The Morgan fingerprint density at radius 1 is 1.00 bits per heavy atom. The molecule has 0 radical (unpaired) electrons. The Bertz CT molecular complexity index is 1160. The van der Waals surface area contributed by atoms with E-state index in [1.165, 1.54) is 4.90 Å². The Hall–Kier alpha value is -2.86. The topological polar surface area (TPSA) is 32.8 Å². The van der Waals surface area contributed by atoms with E-state index in [1.807, 2.05) is 66.7 Å². The summed E-state index contributed by atoms with van der Waals surface area (Å²) in [7, 11) is 1.79. The fourth-order valence-electron chi connectivity index (χ4n) is 3.18. The van der Waals surface area contributed by atoms with Crippen LogP contribution in [-0.2, 0) is 11.4 Å². The molecular weight excluding hydrogens is 451 g/mol. The maximum Gasteiger partial charge on any atom is 0.281 e. The molecule has 4 nitrogen and oxygen atoms in total.